The van der Waals surface area contributed by atoms with Gasteiger partial charge in [0.15, 0.2) is 0 Å². The third-order valence-electron chi connectivity index (χ3n) is 4.41. The number of para-hydroxylation sites is 2. The molecule has 0 fully saturated rings. The van der Waals surface area contributed by atoms with Gasteiger partial charge in [-0.05, 0) is 30.7 Å². The fraction of sp³-hybridized carbons (Fsp3) is 0.350. The summed E-state index contributed by atoms with van der Waals surface area (Å²) in [6.07, 6.45) is 3.95. The summed E-state index contributed by atoms with van der Waals surface area (Å²) in [5, 5.41) is 0. The van der Waals surface area contributed by atoms with E-state index in [-0.39, 0.29) is 5.91 Å². The molecule has 2 heterocycles. The lowest BCUT2D eigenvalue weighted by molar-refractivity contribution is -0.132. The number of carbonyl (C=O) groups excluding carboxylic acids is 1. The molecule has 1 aromatic carbocycles. The van der Waals surface area contributed by atoms with Crippen LogP contribution in [0.1, 0.15) is 17.8 Å². The van der Waals surface area contributed by atoms with Crippen molar-refractivity contribution in [3.05, 3.63) is 60.2 Å². The molecule has 1 amide bonds. The molecule has 0 spiro atoms. The van der Waals surface area contributed by atoms with Gasteiger partial charge in [-0.3, -0.25) is 9.78 Å². The summed E-state index contributed by atoms with van der Waals surface area (Å²) in [7, 11) is 1.65. The maximum Gasteiger partial charge on any atom is 0.224 e. The summed E-state index contributed by atoms with van der Waals surface area (Å²) in [4.78, 5) is 23.3. The Morgan fingerprint density at radius 1 is 1.23 bits per heavy atom. The first kappa shape index (κ1) is 18.1. The molecule has 2 aromatic heterocycles. The van der Waals surface area contributed by atoms with Gasteiger partial charge in [0, 0.05) is 45.6 Å². The van der Waals surface area contributed by atoms with E-state index in [2.05, 4.69) is 14.5 Å². The number of carbonyl (C=O) groups is 1. The molecule has 0 N–H and O–H groups in total. The number of imidazole rings is 1. The molecular weight excluding hydrogens is 328 g/mol. The van der Waals surface area contributed by atoms with E-state index in [1.54, 1.807) is 19.5 Å². The Hall–Kier alpha value is -2.73. The molecule has 3 rings (SSSR count). The second-order valence-corrected chi connectivity index (χ2v) is 6.22. The number of aromatic nitrogens is 3. The van der Waals surface area contributed by atoms with Crippen LogP contribution in [0.4, 0.5) is 0 Å². The van der Waals surface area contributed by atoms with Crippen LogP contribution in [0.15, 0.2) is 48.8 Å². The largest absolute Gasteiger partial charge is 0.383 e. The lowest BCUT2D eigenvalue weighted by Crippen LogP contribution is -2.34. The molecule has 6 nitrogen and oxygen atoms in total. The average Bonchev–Trinajstić information content (AvgIpc) is 2.99. The zero-order chi connectivity index (χ0) is 18.4. The Kier molecular flexibility index (Phi) is 5.96. The van der Waals surface area contributed by atoms with E-state index in [0.29, 0.717) is 32.7 Å². The summed E-state index contributed by atoms with van der Waals surface area (Å²) in [6.45, 7) is 4.21. The van der Waals surface area contributed by atoms with E-state index in [1.807, 2.05) is 48.2 Å². The first-order chi connectivity index (χ1) is 12.7. The number of hydrogen-bond acceptors (Lipinski definition) is 4. The molecule has 6 heteroatoms. The molecule has 0 aliphatic carbocycles. The molecule has 26 heavy (non-hydrogen) atoms. The van der Waals surface area contributed by atoms with Crippen LogP contribution in [-0.4, -0.2) is 45.6 Å². The van der Waals surface area contributed by atoms with Gasteiger partial charge >= 0.3 is 0 Å². The predicted octanol–water partition coefficient (Wildman–Crippen LogP) is 2.81. The number of pyridine rings is 1. The highest BCUT2D eigenvalue weighted by atomic mass is 16.5. The van der Waals surface area contributed by atoms with Crippen LogP contribution in [0.2, 0.25) is 0 Å². The smallest absolute Gasteiger partial charge is 0.224 e. The second kappa shape index (κ2) is 8.58. The zero-order valence-corrected chi connectivity index (χ0v) is 15.3. The van der Waals surface area contributed by atoms with E-state index >= 15 is 0 Å². The van der Waals surface area contributed by atoms with Crippen LogP contribution < -0.4 is 0 Å². The molecule has 3 aromatic rings. The maximum absolute atomic E-state index is 12.8. The van der Waals surface area contributed by atoms with Crippen LogP contribution in [-0.2, 0) is 22.6 Å². The SMILES string of the molecule is COCCN(Cc1cccnc1)C(=O)CCn1c(C)nc2ccccc21. The van der Waals surface area contributed by atoms with Gasteiger partial charge in [0.2, 0.25) is 5.91 Å². The number of benzene rings is 1. The van der Waals surface area contributed by atoms with E-state index in [0.717, 1.165) is 22.4 Å². The number of hydrogen-bond donors (Lipinski definition) is 0. The van der Waals surface area contributed by atoms with Crippen molar-refractivity contribution >= 4 is 16.9 Å². The summed E-state index contributed by atoms with van der Waals surface area (Å²) < 4.78 is 7.27. The fourth-order valence-corrected chi connectivity index (χ4v) is 3.05. The van der Waals surface area contributed by atoms with Gasteiger partial charge in [0.1, 0.15) is 5.82 Å². The Morgan fingerprint density at radius 2 is 2.08 bits per heavy atom. The molecule has 0 bridgehead atoms. The van der Waals surface area contributed by atoms with Crippen LogP contribution in [0.25, 0.3) is 11.0 Å². The zero-order valence-electron chi connectivity index (χ0n) is 15.3. The van der Waals surface area contributed by atoms with E-state index in [4.69, 9.17) is 4.74 Å². The van der Waals surface area contributed by atoms with Crippen molar-refractivity contribution in [3.8, 4) is 0 Å². The summed E-state index contributed by atoms with van der Waals surface area (Å²) >= 11 is 0. The molecule has 0 aliphatic heterocycles. The first-order valence-electron chi connectivity index (χ1n) is 8.76. The second-order valence-electron chi connectivity index (χ2n) is 6.22. The van der Waals surface area contributed by atoms with Gasteiger partial charge in [-0.25, -0.2) is 4.98 Å². The molecule has 0 aliphatic rings. The van der Waals surface area contributed by atoms with E-state index in [1.165, 1.54) is 0 Å². The number of methoxy groups -OCH3 is 1. The standard InChI is InChI=1S/C20H24N4O2/c1-16-22-18-7-3-4-8-19(18)24(16)11-9-20(25)23(12-13-26-2)15-17-6-5-10-21-14-17/h3-8,10,14H,9,11-13,15H2,1-2H3. The number of nitrogens with zero attached hydrogens (tertiary/aromatic N) is 4. The van der Waals surface area contributed by atoms with E-state index in [9.17, 15) is 4.79 Å². The Bertz CT molecular complexity index is 861. The highest BCUT2D eigenvalue weighted by Crippen LogP contribution is 2.16. The third-order valence-corrected chi connectivity index (χ3v) is 4.41. The summed E-state index contributed by atoms with van der Waals surface area (Å²) in [6, 6.07) is 11.9. The minimum Gasteiger partial charge on any atom is -0.383 e. The number of ether oxygens (including phenoxy) is 1. The van der Waals surface area contributed by atoms with Crippen LogP contribution in [0, 0.1) is 6.92 Å². The van der Waals surface area contributed by atoms with Crippen molar-refractivity contribution in [1.82, 2.24) is 19.4 Å². The van der Waals surface area contributed by atoms with Crippen LogP contribution >= 0.6 is 0 Å². The van der Waals surface area contributed by atoms with Crippen LogP contribution in [0.5, 0.6) is 0 Å². The molecule has 0 unspecified atom stereocenters. The molecule has 0 radical (unpaired) electrons. The molecule has 0 atom stereocenters. The van der Waals surface area contributed by atoms with Crippen molar-refractivity contribution in [3.63, 3.8) is 0 Å². The van der Waals surface area contributed by atoms with Gasteiger partial charge in [0.05, 0.1) is 17.6 Å². The third kappa shape index (κ3) is 4.26. The number of aryl methyl sites for hydroxylation is 2. The number of rotatable bonds is 8. The lowest BCUT2D eigenvalue weighted by Gasteiger charge is -2.23. The summed E-state index contributed by atoms with van der Waals surface area (Å²) in [5.74, 6) is 1.03. The van der Waals surface area contributed by atoms with Gasteiger partial charge in [-0.1, -0.05) is 18.2 Å². The Balaban J connectivity index is 1.69. The molecule has 0 saturated carbocycles. The first-order valence-corrected chi connectivity index (χ1v) is 8.76. The minimum absolute atomic E-state index is 0.100. The Labute approximate surface area is 153 Å². The van der Waals surface area contributed by atoms with Crippen molar-refractivity contribution in [2.75, 3.05) is 20.3 Å². The van der Waals surface area contributed by atoms with Crippen molar-refractivity contribution in [2.45, 2.75) is 26.4 Å². The molecule has 136 valence electrons. The minimum atomic E-state index is 0.100. The lowest BCUT2D eigenvalue weighted by atomic mass is 10.2. The van der Waals surface area contributed by atoms with Crippen LogP contribution in [0.3, 0.4) is 0 Å². The van der Waals surface area contributed by atoms with Crippen molar-refractivity contribution in [2.24, 2.45) is 0 Å². The molecular formula is C20H24N4O2. The van der Waals surface area contributed by atoms with Gasteiger partial charge in [-0.2, -0.15) is 0 Å². The monoisotopic (exact) mass is 352 g/mol. The number of amides is 1. The average molecular weight is 352 g/mol. The molecule has 0 saturated heterocycles. The predicted molar refractivity (Wildman–Crippen MR) is 101 cm³/mol. The summed E-state index contributed by atoms with van der Waals surface area (Å²) in [5.41, 5.74) is 3.04. The normalized spacial score (nSPS) is 11.0. The van der Waals surface area contributed by atoms with E-state index < -0.39 is 0 Å². The quantitative estimate of drug-likeness (QED) is 0.625. The Morgan fingerprint density at radius 3 is 2.85 bits per heavy atom. The van der Waals surface area contributed by atoms with Crippen molar-refractivity contribution in [1.29, 1.82) is 0 Å². The topological polar surface area (TPSA) is 60.2 Å². The highest BCUT2D eigenvalue weighted by molar-refractivity contribution is 5.78. The van der Waals surface area contributed by atoms with Crippen molar-refractivity contribution < 1.29 is 9.53 Å². The van der Waals surface area contributed by atoms with Gasteiger partial charge in [-0.15, -0.1) is 0 Å². The highest BCUT2D eigenvalue weighted by Gasteiger charge is 2.15. The number of fused-ring (bicyclic) bond motifs is 1. The maximum atomic E-state index is 12.8. The van der Waals surface area contributed by atoms with Gasteiger partial charge < -0.3 is 14.2 Å². The fourth-order valence-electron chi connectivity index (χ4n) is 3.05. The van der Waals surface area contributed by atoms with Gasteiger partial charge in [0.25, 0.3) is 0 Å².